The summed E-state index contributed by atoms with van der Waals surface area (Å²) in [5, 5.41) is 2.72. The normalized spacial score (nSPS) is 15.6. The summed E-state index contributed by atoms with van der Waals surface area (Å²) in [5.74, 6) is -0.344. The number of piperazine rings is 1. The first-order valence-electron chi connectivity index (χ1n) is 8.36. The van der Waals surface area contributed by atoms with Gasteiger partial charge in [-0.1, -0.05) is 6.07 Å². The van der Waals surface area contributed by atoms with Crippen molar-refractivity contribution in [2.24, 2.45) is 0 Å². The standard InChI is InChI=1S/C17H22F3N3O3/c1-2-21-15(24)11-22-6-8-23(9-7-22)16(25)12-26-14-5-3-4-13(10-14)17(18,19)20/h3-5,10H,2,6-9,11-12H2,1H3,(H,21,24). The lowest BCUT2D eigenvalue weighted by Crippen LogP contribution is -2.52. The van der Waals surface area contributed by atoms with Crippen molar-refractivity contribution in [3.05, 3.63) is 29.8 Å². The molecule has 0 spiro atoms. The summed E-state index contributed by atoms with van der Waals surface area (Å²) in [5.41, 5.74) is -0.818. The van der Waals surface area contributed by atoms with Gasteiger partial charge in [-0.25, -0.2) is 0 Å². The first-order valence-corrected chi connectivity index (χ1v) is 8.36. The smallest absolute Gasteiger partial charge is 0.416 e. The molecule has 0 atom stereocenters. The van der Waals surface area contributed by atoms with Crippen molar-refractivity contribution in [1.29, 1.82) is 0 Å². The zero-order valence-corrected chi connectivity index (χ0v) is 14.5. The lowest BCUT2D eigenvalue weighted by Gasteiger charge is -2.34. The fourth-order valence-corrected chi connectivity index (χ4v) is 2.61. The number of nitrogens with one attached hydrogen (secondary N) is 1. The Balaban J connectivity index is 1.78. The van der Waals surface area contributed by atoms with Gasteiger partial charge in [-0.2, -0.15) is 13.2 Å². The van der Waals surface area contributed by atoms with Gasteiger partial charge in [-0.05, 0) is 25.1 Å². The number of hydrogen-bond acceptors (Lipinski definition) is 4. The summed E-state index contributed by atoms with van der Waals surface area (Å²) in [7, 11) is 0. The summed E-state index contributed by atoms with van der Waals surface area (Å²) >= 11 is 0. The highest BCUT2D eigenvalue weighted by Gasteiger charge is 2.30. The van der Waals surface area contributed by atoms with E-state index in [2.05, 4.69) is 5.32 Å². The Bertz CT molecular complexity index is 629. The van der Waals surface area contributed by atoms with Crippen LogP contribution in [0.15, 0.2) is 24.3 Å². The van der Waals surface area contributed by atoms with Crippen molar-refractivity contribution in [3.8, 4) is 5.75 Å². The molecule has 1 heterocycles. The summed E-state index contributed by atoms with van der Waals surface area (Å²) in [6.07, 6.45) is -4.45. The zero-order chi connectivity index (χ0) is 19.2. The van der Waals surface area contributed by atoms with Crippen molar-refractivity contribution in [2.75, 3.05) is 45.9 Å². The van der Waals surface area contributed by atoms with Crippen LogP contribution in [0.25, 0.3) is 0 Å². The number of hydrogen-bond donors (Lipinski definition) is 1. The molecule has 1 aliphatic heterocycles. The molecule has 2 rings (SSSR count). The number of carbonyl (C=O) groups is 2. The highest BCUT2D eigenvalue weighted by molar-refractivity contribution is 5.79. The summed E-state index contributed by atoms with van der Waals surface area (Å²) in [6, 6.07) is 4.44. The van der Waals surface area contributed by atoms with Gasteiger partial charge in [-0.3, -0.25) is 14.5 Å². The van der Waals surface area contributed by atoms with Gasteiger partial charge in [0.25, 0.3) is 5.91 Å². The number of carbonyl (C=O) groups excluding carboxylic acids is 2. The lowest BCUT2D eigenvalue weighted by atomic mass is 10.2. The van der Waals surface area contributed by atoms with Crippen LogP contribution in [-0.4, -0.2) is 67.5 Å². The number of halogens is 3. The minimum absolute atomic E-state index is 0.00282. The highest BCUT2D eigenvalue weighted by atomic mass is 19.4. The summed E-state index contributed by atoms with van der Waals surface area (Å²) in [6.45, 7) is 4.41. The van der Waals surface area contributed by atoms with Crippen LogP contribution in [0.3, 0.4) is 0 Å². The monoisotopic (exact) mass is 373 g/mol. The third-order valence-electron chi connectivity index (χ3n) is 3.99. The van der Waals surface area contributed by atoms with Crippen LogP contribution in [0.1, 0.15) is 12.5 Å². The Kier molecular flexibility index (Phi) is 6.84. The molecule has 1 fully saturated rings. The molecule has 0 aromatic heterocycles. The van der Waals surface area contributed by atoms with Gasteiger partial charge in [0.15, 0.2) is 6.61 Å². The van der Waals surface area contributed by atoms with Gasteiger partial charge in [0.05, 0.1) is 12.1 Å². The molecule has 0 aliphatic carbocycles. The van der Waals surface area contributed by atoms with E-state index in [1.807, 2.05) is 11.8 Å². The van der Waals surface area contributed by atoms with Crippen LogP contribution in [-0.2, 0) is 15.8 Å². The molecular weight excluding hydrogens is 351 g/mol. The van der Waals surface area contributed by atoms with E-state index in [4.69, 9.17) is 4.74 Å². The molecule has 26 heavy (non-hydrogen) atoms. The van der Waals surface area contributed by atoms with E-state index in [0.29, 0.717) is 32.7 Å². The maximum Gasteiger partial charge on any atom is 0.416 e. The SMILES string of the molecule is CCNC(=O)CN1CCN(C(=O)COc2cccc(C(F)(F)F)c2)CC1. The molecule has 1 aromatic carbocycles. The van der Waals surface area contributed by atoms with Crippen molar-refractivity contribution in [1.82, 2.24) is 15.1 Å². The molecule has 0 bridgehead atoms. The van der Waals surface area contributed by atoms with Gasteiger partial charge < -0.3 is 15.0 Å². The van der Waals surface area contributed by atoms with E-state index in [0.717, 1.165) is 12.1 Å². The van der Waals surface area contributed by atoms with E-state index < -0.39 is 11.7 Å². The van der Waals surface area contributed by atoms with E-state index in [1.54, 1.807) is 4.90 Å². The lowest BCUT2D eigenvalue weighted by molar-refractivity contribution is -0.137. The number of ether oxygens (including phenoxy) is 1. The minimum atomic E-state index is -4.45. The predicted octanol–water partition coefficient (Wildman–Crippen LogP) is 1.36. The van der Waals surface area contributed by atoms with E-state index in [-0.39, 0.29) is 30.7 Å². The highest BCUT2D eigenvalue weighted by Crippen LogP contribution is 2.31. The van der Waals surface area contributed by atoms with Gasteiger partial charge in [0.1, 0.15) is 5.75 Å². The maximum absolute atomic E-state index is 12.7. The molecule has 1 saturated heterocycles. The van der Waals surface area contributed by atoms with Crippen molar-refractivity contribution in [3.63, 3.8) is 0 Å². The first kappa shape index (κ1) is 20.0. The third kappa shape index (κ3) is 5.91. The Morgan fingerprint density at radius 3 is 2.50 bits per heavy atom. The molecule has 0 unspecified atom stereocenters. The molecule has 1 aliphatic rings. The summed E-state index contributed by atoms with van der Waals surface area (Å²) < 4.78 is 43.2. The van der Waals surface area contributed by atoms with E-state index in [1.165, 1.54) is 12.1 Å². The average Bonchev–Trinajstić information content (AvgIpc) is 2.60. The quantitative estimate of drug-likeness (QED) is 0.818. The van der Waals surface area contributed by atoms with Gasteiger partial charge in [-0.15, -0.1) is 0 Å². The second-order valence-electron chi connectivity index (χ2n) is 5.92. The van der Waals surface area contributed by atoms with Crippen molar-refractivity contribution >= 4 is 11.8 Å². The molecule has 0 radical (unpaired) electrons. The van der Waals surface area contributed by atoms with Crippen LogP contribution in [0.4, 0.5) is 13.2 Å². The molecule has 1 N–H and O–H groups in total. The maximum atomic E-state index is 12.7. The molecule has 1 aromatic rings. The molecule has 6 nitrogen and oxygen atoms in total. The number of nitrogens with zero attached hydrogens (tertiary/aromatic N) is 2. The molecule has 9 heteroatoms. The van der Waals surface area contributed by atoms with E-state index in [9.17, 15) is 22.8 Å². The number of rotatable bonds is 6. The largest absolute Gasteiger partial charge is 0.484 e. The molecule has 2 amide bonds. The minimum Gasteiger partial charge on any atom is -0.484 e. The second-order valence-corrected chi connectivity index (χ2v) is 5.92. The Labute approximate surface area is 149 Å². The molecule has 144 valence electrons. The number of alkyl halides is 3. The second kappa shape index (κ2) is 8.88. The Hall–Kier alpha value is -2.29. The number of likely N-dealkylation sites (N-methyl/N-ethyl adjacent to an activating group) is 1. The Morgan fingerprint density at radius 1 is 1.19 bits per heavy atom. The van der Waals surface area contributed by atoms with Crippen LogP contribution < -0.4 is 10.1 Å². The summed E-state index contributed by atoms with van der Waals surface area (Å²) in [4.78, 5) is 27.2. The van der Waals surface area contributed by atoms with Crippen LogP contribution in [0.2, 0.25) is 0 Å². The van der Waals surface area contributed by atoms with Gasteiger partial charge in [0, 0.05) is 32.7 Å². The molecule has 0 saturated carbocycles. The first-order chi connectivity index (χ1) is 12.3. The predicted molar refractivity (Wildman–Crippen MR) is 88.6 cm³/mol. The number of benzene rings is 1. The third-order valence-corrected chi connectivity index (χ3v) is 3.99. The van der Waals surface area contributed by atoms with Crippen molar-refractivity contribution in [2.45, 2.75) is 13.1 Å². The fourth-order valence-electron chi connectivity index (χ4n) is 2.61. The van der Waals surface area contributed by atoms with Gasteiger partial charge in [0.2, 0.25) is 5.91 Å². The van der Waals surface area contributed by atoms with E-state index >= 15 is 0 Å². The van der Waals surface area contributed by atoms with Crippen LogP contribution in [0.5, 0.6) is 5.75 Å². The average molecular weight is 373 g/mol. The topological polar surface area (TPSA) is 61.9 Å². The van der Waals surface area contributed by atoms with Crippen LogP contribution >= 0.6 is 0 Å². The molecular formula is C17H22F3N3O3. The van der Waals surface area contributed by atoms with Gasteiger partial charge >= 0.3 is 6.18 Å². The zero-order valence-electron chi connectivity index (χ0n) is 14.5. The fraction of sp³-hybridized carbons (Fsp3) is 0.529. The van der Waals surface area contributed by atoms with Crippen molar-refractivity contribution < 1.29 is 27.5 Å². The Morgan fingerprint density at radius 2 is 1.88 bits per heavy atom. The van der Waals surface area contributed by atoms with Crippen LogP contribution in [0, 0.1) is 0 Å². The number of amides is 2.